The van der Waals surface area contributed by atoms with Crippen molar-refractivity contribution in [3.8, 4) is 5.75 Å². The number of carbonyl (C=O) groups is 2. The fourth-order valence-electron chi connectivity index (χ4n) is 2.22. The van der Waals surface area contributed by atoms with Gasteiger partial charge in [0.2, 0.25) is 5.91 Å². The van der Waals surface area contributed by atoms with Crippen LogP contribution in [0.25, 0.3) is 0 Å². The van der Waals surface area contributed by atoms with Gasteiger partial charge in [-0.15, -0.1) is 0 Å². The Morgan fingerprint density at radius 2 is 1.85 bits per heavy atom. The lowest BCUT2D eigenvalue weighted by molar-refractivity contribution is -0.115. The molecule has 6 nitrogen and oxygen atoms in total. The number of anilines is 2. The summed E-state index contributed by atoms with van der Waals surface area (Å²) in [7, 11) is 2.82. The zero-order valence-electron chi connectivity index (χ0n) is 14.3. The third-order valence-electron chi connectivity index (χ3n) is 3.48. The molecule has 0 saturated heterocycles. The lowest BCUT2D eigenvalue weighted by Gasteiger charge is -2.12. The van der Waals surface area contributed by atoms with Crippen molar-refractivity contribution in [2.45, 2.75) is 6.42 Å². The Morgan fingerprint density at radius 1 is 1.08 bits per heavy atom. The molecule has 1 amide bonds. The van der Waals surface area contributed by atoms with Gasteiger partial charge in [-0.2, -0.15) is 0 Å². The van der Waals surface area contributed by atoms with Crippen LogP contribution in [0.4, 0.5) is 11.4 Å². The molecule has 0 spiro atoms. The second-order valence-electron chi connectivity index (χ2n) is 5.26. The maximum absolute atomic E-state index is 12.1. The van der Waals surface area contributed by atoms with Crippen LogP contribution in [0.3, 0.4) is 0 Å². The van der Waals surface area contributed by atoms with Crippen LogP contribution in [0.15, 0.2) is 36.4 Å². The van der Waals surface area contributed by atoms with Crippen molar-refractivity contribution in [3.05, 3.63) is 52.0 Å². The van der Waals surface area contributed by atoms with Crippen LogP contribution in [0.2, 0.25) is 10.0 Å². The first-order chi connectivity index (χ1) is 12.4. The van der Waals surface area contributed by atoms with Crippen LogP contribution in [0, 0.1) is 0 Å². The maximum Gasteiger partial charge on any atom is 0.339 e. The third-order valence-corrected chi connectivity index (χ3v) is 4.05. The molecule has 0 unspecified atom stereocenters. The number of rotatable bonds is 7. The van der Waals surface area contributed by atoms with Gasteiger partial charge in [0.25, 0.3) is 0 Å². The molecule has 26 heavy (non-hydrogen) atoms. The highest BCUT2D eigenvalue weighted by Gasteiger charge is 2.12. The number of methoxy groups -OCH3 is 2. The van der Waals surface area contributed by atoms with Gasteiger partial charge in [0.15, 0.2) is 0 Å². The minimum atomic E-state index is -0.569. The predicted molar refractivity (Wildman–Crippen MR) is 103 cm³/mol. The minimum Gasteiger partial charge on any atom is -0.495 e. The van der Waals surface area contributed by atoms with E-state index in [1.165, 1.54) is 19.2 Å². The number of carbonyl (C=O) groups excluding carboxylic acids is 2. The first kappa shape index (κ1) is 19.9. The number of hydrogen-bond donors (Lipinski definition) is 2. The summed E-state index contributed by atoms with van der Waals surface area (Å²) in [6.07, 6.45) is 0.200. The van der Waals surface area contributed by atoms with E-state index in [1.54, 1.807) is 31.4 Å². The Morgan fingerprint density at radius 3 is 2.54 bits per heavy atom. The number of esters is 1. The van der Waals surface area contributed by atoms with Gasteiger partial charge in [0.05, 0.1) is 30.5 Å². The van der Waals surface area contributed by atoms with Gasteiger partial charge in [0, 0.05) is 23.7 Å². The molecule has 2 aromatic carbocycles. The Balaban J connectivity index is 1.94. The van der Waals surface area contributed by atoms with E-state index in [1.807, 2.05) is 0 Å². The van der Waals surface area contributed by atoms with Crippen molar-refractivity contribution in [2.24, 2.45) is 0 Å². The van der Waals surface area contributed by atoms with E-state index < -0.39 is 5.97 Å². The number of halogens is 2. The lowest BCUT2D eigenvalue weighted by Crippen LogP contribution is -2.17. The molecule has 0 aliphatic heterocycles. The summed E-state index contributed by atoms with van der Waals surface area (Å²) in [6.45, 7) is 0.375. The Bertz CT molecular complexity index is 812. The Kier molecular flexibility index (Phi) is 7.12. The zero-order valence-corrected chi connectivity index (χ0v) is 15.8. The number of hydrogen-bond acceptors (Lipinski definition) is 5. The largest absolute Gasteiger partial charge is 0.495 e. The van der Waals surface area contributed by atoms with Gasteiger partial charge in [0.1, 0.15) is 5.75 Å². The maximum atomic E-state index is 12.1. The lowest BCUT2D eigenvalue weighted by atomic mass is 10.2. The van der Waals surface area contributed by atoms with Crippen molar-refractivity contribution < 1.29 is 19.1 Å². The molecule has 0 atom stereocenters. The summed E-state index contributed by atoms with van der Waals surface area (Å²) >= 11 is 11.9. The predicted octanol–water partition coefficient (Wildman–Crippen LogP) is 4.23. The summed E-state index contributed by atoms with van der Waals surface area (Å²) in [4.78, 5) is 23.7. The second kappa shape index (κ2) is 9.31. The van der Waals surface area contributed by atoms with E-state index in [9.17, 15) is 9.59 Å². The molecule has 0 saturated carbocycles. The summed E-state index contributed by atoms with van der Waals surface area (Å²) in [6, 6.07) is 9.79. The zero-order chi connectivity index (χ0) is 19.1. The van der Waals surface area contributed by atoms with E-state index >= 15 is 0 Å². The second-order valence-corrected chi connectivity index (χ2v) is 6.10. The molecule has 0 aromatic heterocycles. The van der Waals surface area contributed by atoms with Gasteiger partial charge in [-0.3, -0.25) is 4.79 Å². The molecule has 2 rings (SSSR count). The van der Waals surface area contributed by atoms with Crippen LogP contribution >= 0.6 is 23.2 Å². The van der Waals surface area contributed by atoms with E-state index in [2.05, 4.69) is 15.4 Å². The fourth-order valence-corrected chi connectivity index (χ4v) is 2.59. The van der Waals surface area contributed by atoms with Crippen molar-refractivity contribution >= 4 is 46.5 Å². The molecule has 138 valence electrons. The first-order valence-electron chi connectivity index (χ1n) is 7.69. The van der Waals surface area contributed by atoms with E-state index in [0.717, 1.165) is 0 Å². The fraction of sp³-hybridized carbons (Fsp3) is 0.222. The smallest absolute Gasteiger partial charge is 0.339 e. The molecule has 2 aromatic rings. The first-order valence-corrected chi connectivity index (χ1v) is 8.45. The average Bonchev–Trinajstić information content (AvgIpc) is 2.63. The summed E-state index contributed by atoms with van der Waals surface area (Å²) in [5, 5.41) is 6.63. The molecule has 0 fully saturated rings. The SMILES string of the molecule is COC(=O)c1cc(NC(=O)CCNc2cc(Cl)ccc2OC)ccc1Cl. The number of nitrogens with one attached hydrogen (secondary N) is 2. The quantitative estimate of drug-likeness (QED) is 0.684. The van der Waals surface area contributed by atoms with Gasteiger partial charge in [-0.25, -0.2) is 4.79 Å². The topological polar surface area (TPSA) is 76.7 Å². The molecule has 0 bridgehead atoms. The molecule has 2 N–H and O–H groups in total. The number of amides is 1. The highest BCUT2D eigenvalue weighted by molar-refractivity contribution is 6.33. The highest BCUT2D eigenvalue weighted by Crippen LogP contribution is 2.27. The molecular weight excluding hydrogens is 379 g/mol. The normalized spacial score (nSPS) is 10.2. The van der Waals surface area contributed by atoms with Gasteiger partial charge in [-0.05, 0) is 36.4 Å². The van der Waals surface area contributed by atoms with E-state index in [4.69, 9.17) is 27.9 Å². The standard InChI is InChI=1S/C18H18Cl2N2O4/c1-25-16-6-3-11(19)9-15(16)21-8-7-17(23)22-12-4-5-14(20)13(10-12)18(24)26-2/h3-6,9-10,21H,7-8H2,1-2H3,(H,22,23). The number of benzene rings is 2. The van der Waals surface area contributed by atoms with Crippen LogP contribution in [0.5, 0.6) is 5.75 Å². The summed E-state index contributed by atoms with van der Waals surface area (Å²) in [5.74, 6) is -0.160. The van der Waals surface area contributed by atoms with Crippen LogP contribution < -0.4 is 15.4 Å². The monoisotopic (exact) mass is 396 g/mol. The van der Waals surface area contributed by atoms with Gasteiger partial charge in [-0.1, -0.05) is 23.2 Å². The molecule has 0 radical (unpaired) electrons. The minimum absolute atomic E-state index is 0.189. The molecule has 0 aliphatic rings. The van der Waals surface area contributed by atoms with Crippen molar-refractivity contribution in [1.82, 2.24) is 0 Å². The van der Waals surface area contributed by atoms with E-state index in [-0.39, 0.29) is 22.9 Å². The molecule has 0 heterocycles. The van der Waals surface area contributed by atoms with Gasteiger partial charge >= 0.3 is 5.97 Å². The summed E-state index contributed by atoms with van der Waals surface area (Å²) in [5.41, 5.74) is 1.35. The van der Waals surface area contributed by atoms with Crippen molar-refractivity contribution in [3.63, 3.8) is 0 Å². The molecule has 8 heteroatoms. The Labute approximate surface area is 161 Å². The molecule has 0 aliphatic carbocycles. The van der Waals surface area contributed by atoms with Crippen LogP contribution in [-0.2, 0) is 9.53 Å². The van der Waals surface area contributed by atoms with Gasteiger partial charge < -0.3 is 20.1 Å². The summed E-state index contributed by atoms with van der Waals surface area (Å²) < 4.78 is 9.89. The van der Waals surface area contributed by atoms with Crippen molar-refractivity contribution in [1.29, 1.82) is 0 Å². The molecular formula is C18H18Cl2N2O4. The van der Waals surface area contributed by atoms with E-state index in [0.29, 0.717) is 28.7 Å². The average molecular weight is 397 g/mol. The van der Waals surface area contributed by atoms with Crippen molar-refractivity contribution in [2.75, 3.05) is 31.4 Å². The van der Waals surface area contributed by atoms with Crippen LogP contribution in [-0.4, -0.2) is 32.6 Å². The Hall–Kier alpha value is -2.44. The van der Waals surface area contributed by atoms with Crippen LogP contribution in [0.1, 0.15) is 16.8 Å². The third kappa shape index (κ3) is 5.28. The number of ether oxygens (including phenoxy) is 2. The highest BCUT2D eigenvalue weighted by atomic mass is 35.5.